The molecular weight excluding hydrogens is 322 g/mol. The largest absolute Gasteiger partial charge is 0.489 e. The smallest absolute Gasteiger partial charge is 0.120 e. The van der Waals surface area contributed by atoms with Crippen LogP contribution >= 0.6 is 0 Å². The number of likely N-dealkylation sites (N-methyl/N-ethyl adjacent to an activating group) is 1. The van der Waals surface area contributed by atoms with Gasteiger partial charge in [0.25, 0.3) is 0 Å². The highest BCUT2D eigenvalue weighted by molar-refractivity contribution is 5.41. The van der Waals surface area contributed by atoms with E-state index in [0.717, 1.165) is 30.2 Å². The first-order chi connectivity index (χ1) is 12.6. The minimum atomic E-state index is -0.409. The lowest BCUT2D eigenvalue weighted by Crippen LogP contribution is -2.41. The average molecular weight is 351 g/mol. The van der Waals surface area contributed by atoms with Gasteiger partial charge in [0.1, 0.15) is 12.4 Å². The highest BCUT2D eigenvalue weighted by Gasteiger charge is 2.36. The predicted molar refractivity (Wildman–Crippen MR) is 104 cm³/mol. The van der Waals surface area contributed by atoms with Crippen molar-refractivity contribution in [3.8, 4) is 5.75 Å². The fourth-order valence-electron chi connectivity index (χ4n) is 4.17. The molecule has 2 aromatic carbocycles. The molecule has 0 radical (unpaired) electrons. The second-order valence-electron chi connectivity index (χ2n) is 8.10. The molecule has 0 saturated heterocycles. The molecule has 2 aromatic rings. The van der Waals surface area contributed by atoms with Crippen LogP contribution in [0.3, 0.4) is 0 Å². The maximum atomic E-state index is 11.0. The lowest BCUT2D eigenvalue weighted by Gasteiger charge is -2.39. The Bertz CT molecular complexity index is 741. The van der Waals surface area contributed by atoms with Gasteiger partial charge in [0.15, 0.2) is 0 Å². The Labute approximate surface area is 156 Å². The van der Waals surface area contributed by atoms with Crippen LogP contribution in [0.1, 0.15) is 54.9 Å². The van der Waals surface area contributed by atoms with E-state index in [2.05, 4.69) is 43.1 Å². The van der Waals surface area contributed by atoms with E-state index in [4.69, 9.17) is 4.74 Å². The number of fused-ring (bicyclic) bond motifs is 1. The number of ether oxygens (including phenoxy) is 1. The molecule has 3 heteroatoms. The molecule has 0 aromatic heterocycles. The number of hydrogen-bond donors (Lipinski definition) is 1. The number of hydrogen-bond acceptors (Lipinski definition) is 3. The Morgan fingerprint density at radius 1 is 1.08 bits per heavy atom. The Morgan fingerprint density at radius 2 is 1.85 bits per heavy atom. The van der Waals surface area contributed by atoms with Crippen LogP contribution in [0, 0.1) is 5.92 Å². The van der Waals surface area contributed by atoms with Crippen LogP contribution in [0.15, 0.2) is 48.5 Å². The topological polar surface area (TPSA) is 32.7 Å². The van der Waals surface area contributed by atoms with Crippen molar-refractivity contribution < 1.29 is 9.84 Å². The number of rotatable bonds is 6. The molecule has 1 fully saturated rings. The maximum absolute atomic E-state index is 11.0. The van der Waals surface area contributed by atoms with Crippen molar-refractivity contribution in [3.63, 3.8) is 0 Å². The van der Waals surface area contributed by atoms with Crippen molar-refractivity contribution in [3.05, 3.63) is 65.2 Å². The zero-order chi connectivity index (χ0) is 18.1. The van der Waals surface area contributed by atoms with Crippen LogP contribution in [0.2, 0.25) is 0 Å². The lowest BCUT2D eigenvalue weighted by atomic mass is 9.78. The monoisotopic (exact) mass is 351 g/mol. The lowest BCUT2D eigenvalue weighted by molar-refractivity contribution is 0.0426. The second kappa shape index (κ2) is 7.42. The van der Waals surface area contributed by atoms with Gasteiger partial charge in [-0.3, -0.25) is 0 Å². The first-order valence-corrected chi connectivity index (χ1v) is 9.80. The Kier molecular flexibility index (Phi) is 5.01. The minimum Gasteiger partial charge on any atom is -0.489 e. The van der Waals surface area contributed by atoms with Crippen molar-refractivity contribution in [1.29, 1.82) is 0 Å². The fourth-order valence-corrected chi connectivity index (χ4v) is 4.17. The number of aliphatic hydroxyl groups excluding tert-OH is 1. The molecule has 0 aliphatic heterocycles. The van der Waals surface area contributed by atoms with Crippen LogP contribution in [0.25, 0.3) is 0 Å². The van der Waals surface area contributed by atoms with Gasteiger partial charge in [-0.25, -0.2) is 0 Å². The summed E-state index contributed by atoms with van der Waals surface area (Å²) < 4.78 is 5.98. The van der Waals surface area contributed by atoms with Gasteiger partial charge in [-0.2, -0.15) is 0 Å². The van der Waals surface area contributed by atoms with E-state index in [9.17, 15) is 5.11 Å². The third kappa shape index (κ3) is 3.79. The Hall–Kier alpha value is -1.84. The summed E-state index contributed by atoms with van der Waals surface area (Å²) in [6.07, 6.45) is 3.29. The summed E-state index contributed by atoms with van der Waals surface area (Å²) in [5.74, 6) is 2.16. The normalized spacial score (nSPS) is 25.2. The molecule has 1 N–H and O–H groups in total. The summed E-state index contributed by atoms with van der Waals surface area (Å²) in [6.45, 7) is 3.95. The van der Waals surface area contributed by atoms with E-state index in [1.165, 1.54) is 24.0 Å². The predicted octanol–water partition coefficient (Wildman–Crippen LogP) is 4.52. The highest BCUT2D eigenvalue weighted by Crippen LogP contribution is 2.42. The molecule has 3 nitrogen and oxygen atoms in total. The van der Waals surface area contributed by atoms with Crippen LogP contribution in [0.4, 0.5) is 0 Å². The van der Waals surface area contributed by atoms with Crippen molar-refractivity contribution in [2.45, 2.75) is 50.9 Å². The highest BCUT2D eigenvalue weighted by atomic mass is 16.5. The number of aliphatic hydroxyl groups is 1. The quantitative estimate of drug-likeness (QED) is 0.831. The second-order valence-corrected chi connectivity index (χ2v) is 8.10. The molecular formula is C23H29NO2. The SMILES string of the molecule is CC1C[C@H](N(C)CC2CC2)C(O)c2ccc(OCc3ccccc3)cc21. The molecule has 0 bridgehead atoms. The zero-order valence-electron chi connectivity index (χ0n) is 15.8. The van der Waals surface area contributed by atoms with Crippen molar-refractivity contribution in [2.75, 3.05) is 13.6 Å². The van der Waals surface area contributed by atoms with E-state index < -0.39 is 6.10 Å². The van der Waals surface area contributed by atoms with Crippen LogP contribution < -0.4 is 4.74 Å². The Morgan fingerprint density at radius 3 is 2.58 bits per heavy atom. The zero-order valence-corrected chi connectivity index (χ0v) is 15.8. The molecule has 0 heterocycles. The summed E-state index contributed by atoms with van der Waals surface area (Å²) >= 11 is 0. The number of nitrogens with zero attached hydrogens (tertiary/aromatic N) is 1. The summed E-state index contributed by atoms with van der Waals surface area (Å²) in [4.78, 5) is 2.38. The van der Waals surface area contributed by atoms with Gasteiger partial charge in [0.2, 0.25) is 0 Å². The summed E-state index contributed by atoms with van der Waals surface area (Å²) in [5.41, 5.74) is 3.47. The Balaban J connectivity index is 1.48. The maximum Gasteiger partial charge on any atom is 0.120 e. The number of benzene rings is 2. The standard InChI is InChI=1S/C23H29NO2/c1-16-12-22(24(2)14-17-8-9-17)23(25)20-11-10-19(13-21(16)20)26-15-18-6-4-3-5-7-18/h3-7,10-11,13,16-17,22-23,25H,8-9,12,14-15H2,1-2H3/t16?,22-,23?/m0/s1. The minimum absolute atomic E-state index is 0.217. The molecule has 2 aliphatic carbocycles. The first-order valence-electron chi connectivity index (χ1n) is 9.80. The third-order valence-electron chi connectivity index (χ3n) is 5.92. The summed E-state index contributed by atoms with van der Waals surface area (Å²) in [5, 5.41) is 11.0. The molecule has 2 aliphatic rings. The van der Waals surface area contributed by atoms with Gasteiger partial charge in [-0.1, -0.05) is 43.3 Å². The molecule has 0 amide bonds. The van der Waals surface area contributed by atoms with Gasteiger partial charge < -0.3 is 14.7 Å². The third-order valence-corrected chi connectivity index (χ3v) is 5.92. The molecule has 26 heavy (non-hydrogen) atoms. The first kappa shape index (κ1) is 17.6. The molecule has 2 unspecified atom stereocenters. The molecule has 138 valence electrons. The van der Waals surface area contributed by atoms with Crippen molar-refractivity contribution >= 4 is 0 Å². The molecule has 0 spiro atoms. The van der Waals surface area contributed by atoms with E-state index in [-0.39, 0.29) is 6.04 Å². The van der Waals surface area contributed by atoms with Crippen molar-refractivity contribution in [1.82, 2.24) is 4.90 Å². The van der Waals surface area contributed by atoms with Gasteiger partial charge >= 0.3 is 0 Å². The van der Waals surface area contributed by atoms with Crippen LogP contribution in [0.5, 0.6) is 5.75 Å². The van der Waals surface area contributed by atoms with E-state index in [1.54, 1.807) is 0 Å². The van der Waals surface area contributed by atoms with Gasteiger partial charge in [-0.15, -0.1) is 0 Å². The fraction of sp³-hybridized carbons (Fsp3) is 0.478. The van der Waals surface area contributed by atoms with Gasteiger partial charge in [-0.05, 0) is 67.0 Å². The van der Waals surface area contributed by atoms with Crippen LogP contribution in [-0.4, -0.2) is 29.6 Å². The van der Waals surface area contributed by atoms with E-state index in [0.29, 0.717) is 12.5 Å². The van der Waals surface area contributed by atoms with E-state index in [1.807, 2.05) is 24.3 Å². The summed E-state index contributed by atoms with van der Waals surface area (Å²) in [6, 6.07) is 16.6. The van der Waals surface area contributed by atoms with Gasteiger partial charge in [0.05, 0.1) is 6.10 Å². The summed E-state index contributed by atoms with van der Waals surface area (Å²) in [7, 11) is 2.17. The molecule has 3 atom stereocenters. The molecule has 1 saturated carbocycles. The van der Waals surface area contributed by atoms with Crippen molar-refractivity contribution in [2.24, 2.45) is 5.92 Å². The van der Waals surface area contributed by atoms with Crippen LogP contribution in [-0.2, 0) is 6.61 Å². The van der Waals surface area contributed by atoms with E-state index >= 15 is 0 Å². The van der Waals surface area contributed by atoms with Gasteiger partial charge in [0, 0.05) is 12.6 Å². The molecule has 4 rings (SSSR count). The average Bonchev–Trinajstić information content (AvgIpc) is 3.47.